The molecule has 0 N–H and O–H groups in total. The minimum absolute atomic E-state index is 0.527. The van der Waals surface area contributed by atoms with Crippen LogP contribution in [-0.4, -0.2) is 6.61 Å². The molecule has 0 atom stereocenters. The minimum Gasteiger partial charge on any atom is -0.489 e. The Morgan fingerprint density at radius 2 is 1.62 bits per heavy atom. The highest BCUT2D eigenvalue weighted by Crippen LogP contribution is 2.13. The fraction of sp³-hybridized carbons (Fsp3) is 0.400. The van der Waals surface area contributed by atoms with Crippen molar-refractivity contribution in [3.63, 3.8) is 0 Å². The van der Waals surface area contributed by atoms with Crippen LogP contribution in [0.1, 0.15) is 47.1 Å². The third-order valence-corrected chi connectivity index (χ3v) is 1.99. The van der Waals surface area contributed by atoms with Crippen LogP contribution in [0.4, 0.5) is 0 Å². The molecule has 0 saturated heterocycles. The highest BCUT2D eigenvalue weighted by atomic mass is 16.5. The van der Waals surface area contributed by atoms with E-state index in [0.29, 0.717) is 6.61 Å². The molecule has 0 spiro atoms. The molecule has 0 unspecified atom stereocenters. The van der Waals surface area contributed by atoms with Crippen molar-refractivity contribution in [2.24, 2.45) is 0 Å². The number of aryl methyl sites for hydroxylation is 1. The van der Waals surface area contributed by atoms with E-state index >= 15 is 0 Å². The smallest absolute Gasteiger partial charge is 0.120 e. The van der Waals surface area contributed by atoms with Crippen LogP contribution in [0.2, 0.25) is 0 Å². The number of hydrogen-bond donors (Lipinski definition) is 0. The first-order valence-corrected chi connectivity index (χ1v) is 7.89. The lowest BCUT2D eigenvalue weighted by Gasteiger charge is -2.06. The van der Waals surface area contributed by atoms with Gasteiger partial charge in [-0.2, -0.15) is 0 Å². The average Bonchev–Trinajstić information content (AvgIpc) is 2.57. The second-order valence-electron chi connectivity index (χ2n) is 3.29. The van der Waals surface area contributed by atoms with Crippen molar-refractivity contribution >= 4 is 0 Å². The first kappa shape index (κ1) is 24.3. The summed E-state index contributed by atoms with van der Waals surface area (Å²) < 4.78 is 5.61. The van der Waals surface area contributed by atoms with Gasteiger partial charge in [0.15, 0.2) is 0 Å². The van der Waals surface area contributed by atoms with Gasteiger partial charge in [-0.05, 0) is 30.2 Å². The first-order chi connectivity index (χ1) is 10.3. The molecule has 21 heavy (non-hydrogen) atoms. The van der Waals surface area contributed by atoms with Crippen molar-refractivity contribution in [3.8, 4) is 5.75 Å². The van der Waals surface area contributed by atoms with E-state index in [1.807, 2.05) is 78.8 Å². The van der Waals surface area contributed by atoms with E-state index in [-0.39, 0.29) is 0 Å². The molecule has 1 rings (SSSR count). The molecule has 0 aromatic heterocycles. The fourth-order valence-electron chi connectivity index (χ4n) is 1.20. The van der Waals surface area contributed by atoms with Gasteiger partial charge < -0.3 is 4.74 Å². The van der Waals surface area contributed by atoms with Gasteiger partial charge in [-0.3, -0.25) is 0 Å². The maximum atomic E-state index is 5.61. The van der Waals surface area contributed by atoms with Gasteiger partial charge in [0, 0.05) is 0 Å². The Morgan fingerprint density at radius 1 is 1.05 bits per heavy atom. The first-order valence-electron chi connectivity index (χ1n) is 7.89. The fourth-order valence-corrected chi connectivity index (χ4v) is 1.20. The molecule has 1 aromatic rings. The van der Waals surface area contributed by atoms with Gasteiger partial charge in [0.25, 0.3) is 0 Å². The Hall–Kier alpha value is -1.76. The Labute approximate surface area is 133 Å². The summed E-state index contributed by atoms with van der Waals surface area (Å²) in [5.41, 5.74) is 2.21. The van der Waals surface area contributed by atoms with Gasteiger partial charge in [-0.1, -0.05) is 85.1 Å². The Kier molecular flexibility index (Phi) is 23.8. The van der Waals surface area contributed by atoms with Gasteiger partial charge in [0.1, 0.15) is 12.4 Å². The molecule has 0 aliphatic rings. The summed E-state index contributed by atoms with van der Waals surface area (Å²) in [5.74, 6) is 0.881. The lowest BCUT2D eigenvalue weighted by Crippen LogP contribution is -1.99. The molecular weight excluding hydrogens is 256 g/mol. The van der Waals surface area contributed by atoms with Crippen LogP contribution in [-0.2, 0) is 0 Å². The summed E-state index contributed by atoms with van der Waals surface area (Å²) >= 11 is 0. The molecule has 0 aliphatic carbocycles. The summed E-state index contributed by atoms with van der Waals surface area (Å²) in [6.45, 7) is 21.9. The molecule has 0 aliphatic heterocycles. The maximum Gasteiger partial charge on any atom is 0.120 e. The van der Waals surface area contributed by atoms with E-state index in [0.717, 1.165) is 11.3 Å². The zero-order valence-corrected chi connectivity index (χ0v) is 15.1. The van der Waals surface area contributed by atoms with Gasteiger partial charge in [0.2, 0.25) is 0 Å². The van der Waals surface area contributed by atoms with Crippen molar-refractivity contribution in [3.05, 3.63) is 66.8 Å². The van der Waals surface area contributed by atoms with Gasteiger partial charge in [0.05, 0.1) is 0 Å². The van der Waals surface area contributed by atoms with E-state index in [2.05, 4.69) is 13.2 Å². The van der Waals surface area contributed by atoms with Crippen LogP contribution < -0.4 is 4.74 Å². The molecule has 1 nitrogen and oxygen atoms in total. The van der Waals surface area contributed by atoms with Gasteiger partial charge in [-0.25, -0.2) is 0 Å². The summed E-state index contributed by atoms with van der Waals surface area (Å²) in [5, 5.41) is 0. The van der Waals surface area contributed by atoms with Gasteiger partial charge in [-0.15, -0.1) is 0 Å². The molecule has 0 radical (unpaired) electrons. The van der Waals surface area contributed by atoms with Crippen molar-refractivity contribution in [1.29, 1.82) is 0 Å². The van der Waals surface area contributed by atoms with Gasteiger partial charge >= 0.3 is 0 Å². The van der Waals surface area contributed by atoms with Crippen molar-refractivity contribution < 1.29 is 4.74 Å². The Balaban J connectivity index is -0.000000478. The summed E-state index contributed by atoms with van der Waals surface area (Å²) in [6.07, 6.45) is 5.40. The summed E-state index contributed by atoms with van der Waals surface area (Å²) in [4.78, 5) is 0. The third-order valence-electron chi connectivity index (χ3n) is 1.99. The van der Waals surface area contributed by atoms with E-state index in [1.54, 1.807) is 12.2 Å². The SMILES string of the molecule is C=C/C=C(\C=C)COc1cccc(C)c1.CC.CC.CC. The molecule has 0 fully saturated rings. The molecule has 0 saturated carbocycles. The molecule has 0 heterocycles. The van der Waals surface area contributed by atoms with E-state index in [4.69, 9.17) is 4.74 Å². The minimum atomic E-state index is 0.527. The normalized spacial score (nSPS) is 8.62. The number of ether oxygens (including phenoxy) is 1. The predicted molar refractivity (Wildman–Crippen MR) is 99.2 cm³/mol. The molecule has 1 aromatic carbocycles. The molecule has 0 bridgehead atoms. The summed E-state index contributed by atoms with van der Waals surface area (Å²) in [6, 6.07) is 7.98. The molecular formula is C20H34O. The Morgan fingerprint density at radius 3 is 2.05 bits per heavy atom. The second kappa shape index (κ2) is 20.6. The number of rotatable bonds is 5. The number of hydrogen-bond acceptors (Lipinski definition) is 1. The molecule has 1 heteroatoms. The van der Waals surface area contributed by atoms with Crippen molar-refractivity contribution in [2.75, 3.05) is 6.61 Å². The summed E-state index contributed by atoms with van der Waals surface area (Å²) in [7, 11) is 0. The van der Waals surface area contributed by atoms with Crippen LogP contribution in [0.3, 0.4) is 0 Å². The largest absolute Gasteiger partial charge is 0.489 e. The van der Waals surface area contributed by atoms with Crippen LogP contribution in [0.5, 0.6) is 5.75 Å². The number of benzene rings is 1. The lowest BCUT2D eigenvalue weighted by atomic mass is 10.2. The average molecular weight is 290 g/mol. The van der Waals surface area contributed by atoms with E-state index in [9.17, 15) is 0 Å². The quantitative estimate of drug-likeness (QED) is 0.545. The highest BCUT2D eigenvalue weighted by molar-refractivity contribution is 5.29. The Bertz CT molecular complexity index is 375. The van der Waals surface area contributed by atoms with Crippen LogP contribution in [0.15, 0.2) is 61.2 Å². The van der Waals surface area contributed by atoms with E-state index in [1.165, 1.54) is 5.56 Å². The zero-order chi connectivity index (χ0) is 17.1. The van der Waals surface area contributed by atoms with Crippen molar-refractivity contribution in [2.45, 2.75) is 48.5 Å². The molecule has 120 valence electrons. The van der Waals surface area contributed by atoms with Crippen molar-refractivity contribution in [1.82, 2.24) is 0 Å². The zero-order valence-electron chi connectivity index (χ0n) is 15.1. The van der Waals surface area contributed by atoms with Crippen LogP contribution in [0.25, 0.3) is 0 Å². The predicted octanol–water partition coefficient (Wildman–Crippen LogP) is 6.75. The van der Waals surface area contributed by atoms with Crippen LogP contribution in [0, 0.1) is 6.92 Å². The lowest BCUT2D eigenvalue weighted by molar-refractivity contribution is 0.355. The topological polar surface area (TPSA) is 9.23 Å². The van der Waals surface area contributed by atoms with Crippen LogP contribution >= 0.6 is 0 Å². The maximum absolute atomic E-state index is 5.61. The van der Waals surface area contributed by atoms with E-state index < -0.39 is 0 Å². The second-order valence-corrected chi connectivity index (χ2v) is 3.29. The number of allylic oxidation sites excluding steroid dienone is 2. The molecule has 0 amide bonds. The highest BCUT2D eigenvalue weighted by Gasteiger charge is 1.95. The standard InChI is InChI=1S/C14H16O.3C2H6/c1-4-7-13(5-2)11-15-14-9-6-8-12(3)10-14;3*1-2/h4-10H,1-2,11H2,3H3;3*1-2H3/b13-7+;;;. The third kappa shape index (κ3) is 14.5. The monoisotopic (exact) mass is 290 g/mol.